The summed E-state index contributed by atoms with van der Waals surface area (Å²) in [5.74, 6) is 0.837. The summed E-state index contributed by atoms with van der Waals surface area (Å²) in [6.07, 6.45) is 0. The molecule has 1 atom stereocenters. The van der Waals surface area contributed by atoms with E-state index in [0.717, 1.165) is 16.2 Å². The predicted octanol–water partition coefficient (Wildman–Crippen LogP) is 3.29. The lowest BCUT2D eigenvalue weighted by molar-refractivity contribution is 0.399. The highest BCUT2D eigenvalue weighted by atomic mass is 32.1. The Balaban J connectivity index is 2.50. The zero-order valence-corrected chi connectivity index (χ0v) is 11.2. The minimum Gasteiger partial charge on any atom is -0.496 e. The van der Waals surface area contributed by atoms with Crippen molar-refractivity contribution in [2.24, 2.45) is 5.73 Å². The third-order valence-electron chi connectivity index (χ3n) is 2.92. The summed E-state index contributed by atoms with van der Waals surface area (Å²) >= 11 is 1.73. The Morgan fingerprint density at radius 1 is 1.18 bits per heavy atom. The molecule has 0 aliphatic carbocycles. The van der Waals surface area contributed by atoms with E-state index in [2.05, 4.69) is 19.1 Å². The minimum absolute atomic E-state index is 0.508. The van der Waals surface area contributed by atoms with Gasteiger partial charge < -0.3 is 10.5 Å². The average molecular weight is 247 g/mol. The Hall–Kier alpha value is -1.32. The van der Waals surface area contributed by atoms with Crippen molar-refractivity contribution in [2.75, 3.05) is 7.11 Å². The van der Waals surface area contributed by atoms with Crippen LogP contribution >= 0.6 is 11.3 Å². The van der Waals surface area contributed by atoms with Crippen LogP contribution in [0.2, 0.25) is 0 Å². The molecule has 0 radical (unpaired) electrons. The Kier molecular flexibility index (Phi) is 3.22. The molecule has 90 valence electrons. The van der Waals surface area contributed by atoms with Gasteiger partial charge in [0, 0.05) is 15.3 Å². The molecule has 1 aromatic carbocycles. The smallest absolute Gasteiger partial charge is 0.124 e. The molecule has 17 heavy (non-hydrogen) atoms. The molecule has 0 bridgehead atoms. The summed E-state index contributed by atoms with van der Waals surface area (Å²) in [7, 11) is 1.68. The fourth-order valence-corrected chi connectivity index (χ4v) is 2.86. The third-order valence-corrected chi connectivity index (χ3v) is 4.16. The van der Waals surface area contributed by atoms with E-state index in [1.807, 2.05) is 31.2 Å². The minimum atomic E-state index is -0.508. The van der Waals surface area contributed by atoms with Crippen molar-refractivity contribution < 1.29 is 4.74 Å². The fourth-order valence-electron chi connectivity index (χ4n) is 1.92. The van der Waals surface area contributed by atoms with Crippen molar-refractivity contribution in [3.05, 3.63) is 51.7 Å². The summed E-state index contributed by atoms with van der Waals surface area (Å²) in [6, 6.07) is 12.1. The van der Waals surface area contributed by atoms with Gasteiger partial charge in [-0.2, -0.15) is 0 Å². The molecule has 1 aromatic heterocycles. The monoisotopic (exact) mass is 247 g/mol. The molecule has 3 heteroatoms. The Morgan fingerprint density at radius 2 is 1.88 bits per heavy atom. The molecule has 0 saturated carbocycles. The largest absolute Gasteiger partial charge is 0.496 e. The maximum Gasteiger partial charge on any atom is 0.124 e. The molecule has 0 spiro atoms. The molecule has 2 N–H and O–H groups in total. The van der Waals surface area contributed by atoms with Gasteiger partial charge in [0.2, 0.25) is 0 Å². The number of nitrogens with two attached hydrogens (primary N) is 1. The highest BCUT2D eigenvalue weighted by Crippen LogP contribution is 2.36. The van der Waals surface area contributed by atoms with Gasteiger partial charge in [-0.15, -0.1) is 11.3 Å². The van der Waals surface area contributed by atoms with Crippen molar-refractivity contribution in [3.8, 4) is 5.75 Å². The highest BCUT2D eigenvalue weighted by Gasteiger charge is 2.28. The van der Waals surface area contributed by atoms with Crippen molar-refractivity contribution >= 4 is 11.3 Å². The summed E-state index contributed by atoms with van der Waals surface area (Å²) in [6.45, 7) is 4.11. The van der Waals surface area contributed by atoms with Gasteiger partial charge in [0.05, 0.1) is 12.6 Å². The average Bonchev–Trinajstić information content (AvgIpc) is 2.76. The van der Waals surface area contributed by atoms with Gasteiger partial charge in [-0.05, 0) is 32.0 Å². The number of methoxy groups -OCH3 is 1. The van der Waals surface area contributed by atoms with Crippen LogP contribution in [0.4, 0.5) is 0 Å². The normalized spacial score (nSPS) is 14.4. The maximum atomic E-state index is 6.48. The molecule has 0 fully saturated rings. The summed E-state index contributed by atoms with van der Waals surface area (Å²) in [5.41, 5.74) is 6.99. The van der Waals surface area contributed by atoms with Crippen LogP contribution in [0, 0.1) is 6.92 Å². The first kappa shape index (κ1) is 12.1. The Labute approximate surface area is 106 Å². The van der Waals surface area contributed by atoms with Crippen molar-refractivity contribution in [1.82, 2.24) is 0 Å². The molecule has 0 amide bonds. The quantitative estimate of drug-likeness (QED) is 0.903. The molecule has 2 nitrogen and oxygen atoms in total. The molecule has 1 unspecified atom stereocenters. The molecule has 1 heterocycles. The number of rotatable bonds is 3. The lowest BCUT2D eigenvalue weighted by atomic mass is 9.91. The highest BCUT2D eigenvalue weighted by molar-refractivity contribution is 7.12. The van der Waals surface area contributed by atoms with Crippen LogP contribution in [0.15, 0.2) is 36.4 Å². The third kappa shape index (κ3) is 2.21. The zero-order chi connectivity index (χ0) is 12.5. The number of aryl methyl sites for hydroxylation is 1. The van der Waals surface area contributed by atoms with E-state index >= 15 is 0 Å². The number of para-hydroxylation sites is 1. The van der Waals surface area contributed by atoms with Gasteiger partial charge in [0.25, 0.3) is 0 Å². The van der Waals surface area contributed by atoms with Gasteiger partial charge in [-0.1, -0.05) is 18.2 Å². The van der Waals surface area contributed by atoms with Crippen LogP contribution in [-0.4, -0.2) is 7.11 Å². The standard InChI is InChI=1S/C14H17NOS/c1-10-8-9-13(17-10)14(2,15)11-6-4-5-7-12(11)16-3/h4-9H,15H2,1-3H3. The second kappa shape index (κ2) is 4.51. The number of thiophene rings is 1. The van der Waals surface area contributed by atoms with Gasteiger partial charge in [-0.25, -0.2) is 0 Å². The van der Waals surface area contributed by atoms with Crippen LogP contribution in [0.3, 0.4) is 0 Å². The van der Waals surface area contributed by atoms with Crippen molar-refractivity contribution in [3.63, 3.8) is 0 Å². The molecule has 2 rings (SSSR count). The van der Waals surface area contributed by atoms with E-state index < -0.39 is 5.54 Å². The lowest BCUT2D eigenvalue weighted by Gasteiger charge is -2.25. The first-order chi connectivity index (χ1) is 8.05. The molecular formula is C14H17NOS. The van der Waals surface area contributed by atoms with Crippen molar-refractivity contribution in [2.45, 2.75) is 19.4 Å². The van der Waals surface area contributed by atoms with E-state index in [1.54, 1.807) is 18.4 Å². The fraction of sp³-hybridized carbons (Fsp3) is 0.286. The van der Waals surface area contributed by atoms with Gasteiger partial charge in [0.1, 0.15) is 5.75 Å². The molecule has 0 aliphatic heterocycles. The molecular weight excluding hydrogens is 230 g/mol. The zero-order valence-electron chi connectivity index (χ0n) is 10.4. The van der Waals surface area contributed by atoms with Gasteiger partial charge in [-0.3, -0.25) is 0 Å². The van der Waals surface area contributed by atoms with Gasteiger partial charge >= 0.3 is 0 Å². The molecule has 0 aliphatic rings. The second-order valence-electron chi connectivity index (χ2n) is 4.31. The van der Waals surface area contributed by atoms with Gasteiger partial charge in [0.15, 0.2) is 0 Å². The first-order valence-electron chi connectivity index (χ1n) is 5.55. The van der Waals surface area contributed by atoms with Crippen LogP contribution in [-0.2, 0) is 5.54 Å². The first-order valence-corrected chi connectivity index (χ1v) is 6.36. The molecule has 0 saturated heterocycles. The summed E-state index contributed by atoms with van der Waals surface area (Å²) in [5, 5.41) is 0. The SMILES string of the molecule is COc1ccccc1C(C)(N)c1ccc(C)s1. The van der Waals surface area contributed by atoms with Crippen LogP contribution in [0.25, 0.3) is 0 Å². The lowest BCUT2D eigenvalue weighted by Crippen LogP contribution is -2.33. The van der Waals surface area contributed by atoms with Crippen molar-refractivity contribution in [1.29, 1.82) is 0 Å². The van der Waals surface area contributed by atoms with E-state index in [-0.39, 0.29) is 0 Å². The number of benzene rings is 1. The Morgan fingerprint density at radius 3 is 2.47 bits per heavy atom. The van der Waals surface area contributed by atoms with E-state index in [0.29, 0.717) is 0 Å². The Bertz CT molecular complexity index is 516. The number of ether oxygens (including phenoxy) is 1. The second-order valence-corrected chi connectivity index (χ2v) is 5.60. The topological polar surface area (TPSA) is 35.2 Å². The van der Waals surface area contributed by atoms with Crippen LogP contribution in [0.5, 0.6) is 5.75 Å². The number of hydrogen-bond acceptors (Lipinski definition) is 3. The van der Waals surface area contributed by atoms with E-state index in [9.17, 15) is 0 Å². The number of hydrogen-bond donors (Lipinski definition) is 1. The summed E-state index contributed by atoms with van der Waals surface area (Å²) < 4.78 is 5.38. The summed E-state index contributed by atoms with van der Waals surface area (Å²) in [4.78, 5) is 2.42. The van der Waals surface area contributed by atoms with E-state index in [1.165, 1.54) is 4.88 Å². The molecule has 2 aromatic rings. The van der Waals surface area contributed by atoms with Crippen LogP contribution in [0.1, 0.15) is 22.2 Å². The maximum absolute atomic E-state index is 6.48. The predicted molar refractivity (Wildman–Crippen MR) is 72.7 cm³/mol. The van der Waals surface area contributed by atoms with E-state index in [4.69, 9.17) is 10.5 Å². The van der Waals surface area contributed by atoms with Crippen LogP contribution < -0.4 is 10.5 Å².